The van der Waals surface area contributed by atoms with E-state index in [4.69, 9.17) is 4.74 Å². The number of aryl methyl sites for hydroxylation is 1. The average Bonchev–Trinajstić information content (AvgIpc) is 2.37. The van der Waals surface area contributed by atoms with Gasteiger partial charge in [0, 0.05) is 6.21 Å². The molecule has 2 heteroatoms. The van der Waals surface area contributed by atoms with Crippen LogP contribution in [0.1, 0.15) is 11.1 Å². The number of benzene rings is 2. The van der Waals surface area contributed by atoms with Crippen LogP contribution >= 0.6 is 0 Å². The van der Waals surface area contributed by atoms with E-state index < -0.39 is 0 Å². The molecule has 0 aliphatic rings. The molecule has 17 heavy (non-hydrogen) atoms. The van der Waals surface area contributed by atoms with Gasteiger partial charge in [-0.1, -0.05) is 29.8 Å². The van der Waals surface area contributed by atoms with Crippen LogP contribution in [0.15, 0.2) is 53.5 Å². The molecule has 0 saturated carbocycles. The number of aliphatic imine (C=N–C) groups is 1. The van der Waals surface area contributed by atoms with E-state index in [2.05, 4.69) is 24.0 Å². The van der Waals surface area contributed by atoms with Gasteiger partial charge >= 0.3 is 0 Å². The monoisotopic (exact) mass is 225 g/mol. The third-order valence-electron chi connectivity index (χ3n) is 2.48. The fourth-order valence-electron chi connectivity index (χ4n) is 1.57. The standard InChI is InChI=1S/C15H15NO/c1-12-4-3-5-13(10-12)11-16-14-6-8-15(17-2)9-7-14/h3-11H,1-2H3. The minimum absolute atomic E-state index is 0.847. The fraction of sp³-hybridized carbons (Fsp3) is 0.133. The van der Waals surface area contributed by atoms with E-state index in [9.17, 15) is 0 Å². The van der Waals surface area contributed by atoms with Crippen LogP contribution in [0.4, 0.5) is 5.69 Å². The van der Waals surface area contributed by atoms with Gasteiger partial charge in [0.05, 0.1) is 12.8 Å². The Kier molecular flexibility index (Phi) is 3.55. The largest absolute Gasteiger partial charge is 0.497 e. The predicted molar refractivity (Wildman–Crippen MR) is 71.4 cm³/mol. The van der Waals surface area contributed by atoms with Crippen molar-refractivity contribution in [3.63, 3.8) is 0 Å². The van der Waals surface area contributed by atoms with E-state index in [-0.39, 0.29) is 0 Å². The number of rotatable bonds is 3. The van der Waals surface area contributed by atoms with Gasteiger partial charge in [-0.2, -0.15) is 0 Å². The Morgan fingerprint density at radius 1 is 1.06 bits per heavy atom. The van der Waals surface area contributed by atoms with Crippen molar-refractivity contribution in [1.29, 1.82) is 0 Å². The summed E-state index contributed by atoms with van der Waals surface area (Å²) < 4.78 is 5.10. The third-order valence-corrected chi connectivity index (χ3v) is 2.48. The fourth-order valence-corrected chi connectivity index (χ4v) is 1.57. The molecule has 0 atom stereocenters. The zero-order valence-electron chi connectivity index (χ0n) is 10.1. The van der Waals surface area contributed by atoms with Crippen molar-refractivity contribution in [2.24, 2.45) is 4.99 Å². The molecule has 0 aromatic heterocycles. The molecule has 0 unspecified atom stereocenters. The summed E-state index contributed by atoms with van der Waals surface area (Å²) in [5.74, 6) is 0.847. The first kappa shape index (κ1) is 11.4. The number of ether oxygens (including phenoxy) is 1. The first-order valence-corrected chi connectivity index (χ1v) is 5.53. The molecule has 2 nitrogen and oxygen atoms in total. The zero-order valence-corrected chi connectivity index (χ0v) is 10.1. The summed E-state index contributed by atoms with van der Waals surface area (Å²) in [7, 11) is 1.66. The maximum absolute atomic E-state index is 5.10. The van der Waals surface area contributed by atoms with Gasteiger partial charge < -0.3 is 4.74 Å². The van der Waals surface area contributed by atoms with Crippen molar-refractivity contribution < 1.29 is 4.74 Å². The van der Waals surface area contributed by atoms with Crippen LogP contribution in [0.25, 0.3) is 0 Å². The lowest BCUT2D eigenvalue weighted by molar-refractivity contribution is 0.415. The Balaban J connectivity index is 2.14. The highest BCUT2D eigenvalue weighted by molar-refractivity contribution is 5.82. The highest BCUT2D eigenvalue weighted by Gasteiger charge is 1.92. The van der Waals surface area contributed by atoms with Crippen LogP contribution in [-0.4, -0.2) is 13.3 Å². The molecule has 0 spiro atoms. The van der Waals surface area contributed by atoms with Crippen LogP contribution in [-0.2, 0) is 0 Å². The second-order valence-corrected chi connectivity index (χ2v) is 3.87. The molecule has 2 aromatic rings. The molecule has 2 rings (SSSR count). The quantitative estimate of drug-likeness (QED) is 0.729. The molecule has 0 fully saturated rings. The van der Waals surface area contributed by atoms with Crippen molar-refractivity contribution in [2.45, 2.75) is 6.92 Å². The molecule has 0 heterocycles. The maximum Gasteiger partial charge on any atom is 0.119 e. The van der Waals surface area contributed by atoms with Crippen LogP contribution in [0.3, 0.4) is 0 Å². The van der Waals surface area contributed by atoms with E-state index in [0.717, 1.165) is 17.0 Å². The number of hydrogen-bond acceptors (Lipinski definition) is 2. The van der Waals surface area contributed by atoms with Crippen molar-refractivity contribution in [3.8, 4) is 5.75 Å². The van der Waals surface area contributed by atoms with E-state index in [1.54, 1.807) is 7.11 Å². The first-order chi connectivity index (χ1) is 8.28. The molecular formula is C15H15NO. The molecule has 0 bridgehead atoms. The van der Waals surface area contributed by atoms with Gasteiger partial charge in [0.2, 0.25) is 0 Å². The normalized spacial score (nSPS) is 10.7. The number of methoxy groups -OCH3 is 1. The Hall–Kier alpha value is -2.09. The van der Waals surface area contributed by atoms with E-state index in [1.807, 2.05) is 42.6 Å². The molecule has 0 aliphatic heterocycles. The van der Waals surface area contributed by atoms with Crippen molar-refractivity contribution in [3.05, 3.63) is 59.7 Å². The average molecular weight is 225 g/mol. The van der Waals surface area contributed by atoms with Crippen molar-refractivity contribution >= 4 is 11.9 Å². The Labute approximate surface area is 102 Å². The highest BCUT2D eigenvalue weighted by atomic mass is 16.5. The van der Waals surface area contributed by atoms with Crippen LogP contribution in [0, 0.1) is 6.92 Å². The van der Waals surface area contributed by atoms with Gasteiger partial charge in [-0.25, -0.2) is 0 Å². The Bertz CT molecular complexity index is 515. The van der Waals surface area contributed by atoms with Gasteiger partial charge in [-0.05, 0) is 36.8 Å². The topological polar surface area (TPSA) is 21.6 Å². The van der Waals surface area contributed by atoms with Gasteiger partial charge in [0.1, 0.15) is 5.75 Å². The van der Waals surface area contributed by atoms with Crippen LogP contribution < -0.4 is 4.74 Å². The lowest BCUT2D eigenvalue weighted by atomic mass is 10.1. The molecule has 0 aliphatic carbocycles. The van der Waals surface area contributed by atoms with Crippen molar-refractivity contribution in [1.82, 2.24) is 0 Å². The second kappa shape index (κ2) is 5.30. The Morgan fingerprint density at radius 3 is 2.47 bits per heavy atom. The summed E-state index contributed by atoms with van der Waals surface area (Å²) in [5.41, 5.74) is 3.27. The molecule has 0 radical (unpaired) electrons. The van der Waals surface area contributed by atoms with Crippen LogP contribution in [0.5, 0.6) is 5.75 Å². The summed E-state index contributed by atoms with van der Waals surface area (Å²) in [6, 6.07) is 15.9. The van der Waals surface area contributed by atoms with E-state index >= 15 is 0 Å². The van der Waals surface area contributed by atoms with Gasteiger partial charge in [-0.15, -0.1) is 0 Å². The summed E-state index contributed by atoms with van der Waals surface area (Å²) in [6.07, 6.45) is 1.87. The molecule has 0 saturated heterocycles. The van der Waals surface area contributed by atoms with Gasteiger partial charge in [0.15, 0.2) is 0 Å². The van der Waals surface area contributed by atoms with E-state index in [1.165, 1.54) is 5.56 Å². The van der Waals surface area contributed by atoms with E-state index in [0.29, 0.717) is 0 Å². The summed E-state index contributed by atoms with van der Waals surface area (Å²) in [4.78, 5) is 4.41. The second-order valence-electron chi connectivity index (χ2n) is 3.87. The number of hydrogen-bond donors (Lipinski definition) is 0. The summed E-state index contributed by atoms with van der Waals surface area (Å²) >= 11 is 0. The number of nitrogens with zero attached hydrogens (tertiary/aromatic N) is 1. The highest BCUT2D eigenvalue weighted by Crippen LogP contribution is 2.17. The predicted octanol–water partition coefficient (Wildman–Crippen LogP) is 3.75. The van der Waals surface area contributed by atoms with Gasteiger partial charge in [-0.3, -0.25) is 4.99 Å². The molecule has 0 N–H and O–H groups in total. The summed E-state index contributed by atoms with van der Waals surface area (Å²) in [6.45, 7) is 2.07. The molecule has 0 amide bonds. The first-order valence-electron chi connectivity index (χ1n) is 5.53. The maximum atomic E-state index is 5.10. The SMILES string of the molecule is COc1ccc(N=Cc2cccc(C)c2)cc1. The zero-order chi connectivity index (χ0) is 12.1. The molecule has 2 aromatic carbocycles. The minimum atomic E-state index is 0.847. The van der Waals surface area contributed by atoms with Crippen LogP contribution in [0.2, 0.25) is 0 Å². The van der Waals surface area contributed by atoms with Crippen molar-refractivity contribution in [2.75, 3.05) is 7.11 Å². The lowest BCUT2D eigenvalue weighted by Gasteiger charge is -1.99. The Morgan fingerprint density at radius 2 is 1.82 bits per heavy atom. The third kappa shape index (κ3) is 3.18. The lowest BCUT2D eigenvalue weighted by Crippen LogP contribution is -1.82. The smallest absolute Gasteiger partial charge is 0.119 e. The van der Waals surface area contributed by atoms with Gasteiger partial charge in [0.25, 0.3) is 0 Å². The minimum Gasteiger partial charge on any atom is -0.497 e. The molecular weight excluding hydrogens is 210 g/mol. The summed E-state index contributed by atoms with van der Waals surface area (Å²) in [5, 5.41) is 0. The molecule has 86 valence electrons.